The highest BCUT2D eigenvalue weighted by atomic mass is 19.4. The first-order valence-corrected chi connectivity index (χ1v) is 7.34. The second kappa shape index (κ2) is 5.17. The van der Waals surface area contributed by atoms with E-state index in [1.807, 2.05) is 0 Å². The normalized spacial score (nSPS) is 14.4. The van der Waals surface area contributed by atoms with Gasteiger partial charge in [-0.2, -0.15) is 13.2 Å². The molecule has 0 atom stereocenters. The van der Waals surface area contributed by atoms with Crippen molar-refractivity contribution in [2.24, 2.45) is 0 Å². The lowest BCUT2D eigenvalue weighted by molar-refractivity contribution is -0.137. The fourth-order valence-electron chi connectivity index (χ4n) is 2.83. The molecule has 1 aliphatic rings. The van der Waals surface area contributed by atoms with Crippen LogP contribution in [-0.4, -0.2) is 26.1 Å². The third kappa shape index (κ3) is 2.46. The zero-order chi connectivity index (χ0) is 17.8. The van der Waals surface area contributed by atoms with Gasteiger partial charge in [0.05, 0.1) is 28.9 Å². The van der Waals surface area contributed by atoms with Gasteiger partial charge in [0.1, 0.15) is 5.65 Å². The molecule has 3 aromatic rings. The fraction of sp³-hybridized carbons (Fsp3) is 0.118. The molecule has 0 aliphatic carbocycles. The Labute approximate surface area is 139 Å². The predicted molar refractivity (Wildman–Crippen MR) is 80.8 cm³/mol. The number of carbonyl (C=O) groups excluding carboxylic acids is 2. The molecule has 4 rings (SSSR count). The molecule has 2 amide bonds. The predicted octanol–water partition coefficient (Wildman–Crippen LogP) is 3.15. The number of aromatic nitrogens is 2. The van der Waals surface area contributed by atoms with E-state index in [1.54, 1.807) is 24.3 Å². The van der Waals surface area contributed by atoms with Crippen LogP contribution in [0.5, 0.6) is 0 Å². The second-order valence-electron chi connectivity index (χ2n) is 5.65. The molecule has 126 valence electrons. The van der Waals surface area contributed by atoms with Crippen LogP contribution in [0, 0.1) is 0 Å². The first-order valence-electron chi connectivity index (χ1n) is 7.34. The number of fused-ring (bicyclic) bond motifs is 2. The van der Waals surface area contributed by atoms with Gasteiger partial charge >= 0.3 is 6.18 Å². The number of halogens is 3. The van der Waals surface area contributed by atoms with Crippen LogP contribution in [0.2, 0.25) is 0 Å². The Kier molecular flexibility index (Phi) is 3.18. The zero-order valence-corrected chi connectivity index (χ0v) is 12.6. The van der Waals surface area contributed by atoms with Gasteiger partial charge in [0, 0.05) is 12.4 Å². The highest BCUT2D eigenvalue weighted by Gasteiger charge is 2.35. The molecular weight excluding hydrogens is 335 g/mol. The molecule has 1 aliphatic heterocycles. The van der Waals surface area contributed by atoms with Crippen LogP contribution in [0.1, 0.15) is 32.0 Å². The number of benzene rings is 1. The molecule has 0 unspecified atom stereocenters. The van der Waals surface area contributed by atoms with Crippen molar-refractivity contribution in [2.45, 2.75) is 12.7 Å². The number of amides is 2. The molecule has 0 saturated heterocycles. The van der Waals surface area contributed by atoms with Gasteiger partial charge in [0.2, 0.25) is 0 Å². The number of nitrogens with zero attached hydrogens (tertiary/aromatic N) is 3. The van der Waals surface area contributed by atoms with E-state index in [9.17, 15) is 22.8 Å². The van der Waals surface area contributed by atoms with Crippen molar-refractivity contribution >= 4 is 17.5 Å². The molecule has 0 N–H and O–H groups in total. The van der Waals surface area contributed by atoms with Crippen LogP contribution in [0.3, 0.4) is 0 Å². The quantitative estimate of drug-likeness (QED) is 0.671. The van der Waals surface area contributed by atoms with Crippen molar-refractivity contribution in [3.8, 4) is 0 Å². The summed E-state index contributed by atoms with van der Waals surface area (Å²) in [6.45, 7) is -0.102. The van der Waals surface area contributed by atoms with Crippen molar-refractivity contribution in [2.75, 3.05) is 0 Å². The Morgan fingerprint density at radius 3 is 2.24 bits per heavy atom. The number of imidazole rings is 1. The molecule has 25 heavy (non-hydrogen) atoms. The number of pyridine rings is 1. The summed E-state index contributed by atoms with van der Waals surface area (Å²) in [6.07, 6.45) is -1.72. The van der Waals surface area contributed by atoms with E-state index in [2.05, 4.69) is 4.98 Å². The fourth-order valence-corrected chi connectivity index (χ4v) is 2.83. The van der Waals surface area contributed by atoms with Crippen molar-refractivity contribution in [3.05, 3.63) is 71.2 Å². The lowest BCUT2D eigenvalue weighted by atomic mass is 10.1. The van der Waals surface area contributed by atoms with Crippen LogP contribution >= 0.6 is 0 Å². The van der Waals surface area contributed by atoms with E-state index < -0.39 is 23.6 Å². The molecule has 0 radical (unpaired) electrons. The first kappa shape index (κ1) is 15.4. The van der Waals surface area contributed by atoms with E-state index in [4.69, 9.17) is 0 Å². The Hall–Kier alpha value is -3.16. The minimum Gasteiger partial charge on any atom is -0.307 e. The average Bonchev–Trinajstić information content (AvgIpc) is 3.08. The van der Waals surface area contributed by atoms with Gasteiger partial charge in [-0.05, 0) is 24.3 Å². The Bertz CT molecular complexity index is 988. The van der Waals surface area contributed by atoms with Crippen LogP contribution < -0.4 is 0 Å². The van der Waals surface area contributed by atoms with E-state index in [1.165, 1.54) is 16.8 Å². The van der Waals surface area contributed by atoms with Gasteiger partial charge in [0.25, 0.3) is 11.8 Å². The van der Waals surface area contributed by atoms with Crippen LogP contribution in [0.25, 0.3) is 5.65 Å². The number of carbonyl (C=O) groups is 2. The number of rotatable bonds is 2. The highest BCUT2D eigenvalue weighted by molar-refractivity contribution is 6.21. The molecule has 0 saturated carbocycles. The summed E-state index contributed by atoms with van der Waals surface area (Å²) in [4.78, 5) is 29.8. The molecule has 0 bridgehead atoms. The number of alkyl halides is 3. The monoisotopic (exact) mass is 345 g/mol. The van der Waals surface area contributed by atoms with Gasteiger partial charge in [-0.1, -0.05) is 12.1 Å². The van der Waals surface area contributed by atoms with Gasteiger partial charge < -0.3 is 4.40 Å². The molecule has 5 nitrogen and oxygen atoms in total. The lowest BCUT2D eigenvalue weighted by Crippen LogP contribution is -2.29. The van der Waals surface area contributed by atoms with Gasteiger partial charge in [-0.15, -0.1) is 0 Å². The number of hydrogen-bond donors (Lipinski definition) is 0. The molecular formula is C17H10F3N3O2. The van der Waals surface area contributed by atoms with Crippen molar-refractivity contribution < 1.29 is 22.8 Å². The minimum atomic E-state index is -4.46. The summed E-state index contributed by atoms with van der Waals surface area (Å²) in [7, 11) is 0. The summed E-state index contributed by atoms with van der Waals surface area (Å²) in [5, 5.41) is 0. The van der Waals surface area contributed by atoms with E-state index >= 15 is 0 Å². The third-order valence-corrected chi connectivity index (χ3v) is 4.04. The second-order valence-corrected chi connectivity index (χ2v) is 5.65. The maximum Gasteiger partial charge on any atom is 0.416 e. The summed E-state index contributed by atoms with van der Waals surface area (Å²) >= 11 is 0. The summed E-state index contributed by atoms with van der Waals surface area (Å²) in [5.41, 5.74) is 0.249. The van der Waals surface area contributed by atoms with Crippen LogP contribution in [0.15, 0.2) is 48.8 Å². The smallest absolute Gasteiger partial charge is 0.307 e. The molecule has 3 heterocycles. The number of hydrogen-bond acceptors (Lipinski definition) is 3. The van der Waals surface area contributed by atoms with Crippen LogP contribution in [0.4, 0.5) is 13.2 Å². The van der Waals surface area contributed by atoms with Crippen molar-refractivity contribution in [1.29, 1.82) is 0 Å². The van der Waals surface area contributed by atoms with Gasteiger partial charge in [0.15, 0.2) is 0 Å². The largest absolute Gasteiger partial charge is 0.416 e. The zero-order valence-electron chi connectivity index (χ0n) is 12.6. The van der Waals surface area contributed by atoms with E-state index in [0.29, 0.717) is 16.8 Å². The average molecular weight is 345 g/mol. The highest BCUT2D eigenvalue weighted by Crippen LogP contribution is 2.30. The van der Waals surface area contributed by atoms with E-state index in [-0.39, 0.29) is 12.2 Å². The first-order chi connectivity index (χ1) is 11.8. The third-order valence-electron chi connectivity index (χ3n) is 4.04. The number of imide groups is 1. The summed E-state index contributed by atoms with van der Waals surface area (Å²) in [6, 6.07) is 8.32. The van der Waals surface area contributed by atoms with Crippen molar-refractivity contribution in [3.63, 3.8) is 0 Å². The summed E-state index contributed by atoms with van der Waals surface area (Å²) in [5.74, 6) is -0.873. The summed E-state index contributed by atoms with van der Waals surface area (Å²) < 4.78 is 39.7. The molecule has 0 fully saturated rings. The molecule has 8 heteroatoms. The molecule has 0 spiro atoms. The molecule has 1 aromatic carbocycles. The van der Waals surface area contributed by atoms with Gasteiger partial charge in [-0.25, -0.2) is 4.98 Å². The topological polar surface area (TPSA) is 54.7 Å². The Morgan fingerprint density at radius 2 is 1.64 bits per heavy atom. The van der Waals surface area contributed by atoms with Crippen LogP contribution in [-0.2, 0) is 12.7 Å². The SMILES string of the molecule is O=C1c2ccccc2C(=O)N1Cc1cn2ccc(C(F)(F)F)cc2n1. The van der Waals surface area contributed by atoms with E-state index in [0.717, 1.165) is 17.0 Å². The minimum absolute atomic E-state index is 0.0986. The maximum atomic E-state index is 12.8. The standard InChI is InChI=1S/C17H10F3N3O2/c18-17(19,20)10-5-6-22-8-11(21-14(22)7-10)9-23-15(24)12-3-1-2-4-13(12)16(23)25/h1-8H,9H2. The van der Waals surface area contributed by atoms with Gasteiger partial charge in [-0.3, -0.25) is 14.5 Å². The Morgan fingerprint density at radius 1 is 1.00 bits per heavy atom. The molecule has 2 aromatic heterocycles. The lowest BCUT2D eigenvalue weighted by Gasteiger charge is -2.11. The van der Waals surface area contributed by atoms with Crippen molar-refractivity contribution in [1.82, 2.24) is 14.3 Å². The maximum absolute atomic E-state index is 12.8. The Balaban J connectivity index is 1.66.